The normalized spacial score (nSPS) is 20.6. The van der Waals surface area contributed by atoms with Crippen LogP contribution in [0.3, 0.4) is 0 Å². The van der Waals surface area contributed by atoms with Crippen LogP contribution in [0.25, 0.3) is 16.6 Å². The topological polar surface area (TPSA) is 43.8 Å². The van der Waals surface area contributed by atoms with Crippen molar-refractivity contribution >= 4 is 16.6 Å². The fourth-order valence-electron chi connectivity index (χ4n) is 4.94. The maximum Gasteiger partial charge on any atom is 0.258 e. The van der Waals surface area contributed by atoms with E-state index in [1.807, 2.05) is 24.3 Å². The van der Waals surface area contributed by atoms with Gasteiger partial charge in [0.2, 0.25) is 0 Å². The molecule has 2 aliphatic rings. The van der Waals surface area contributed by atoms with Crippen LogP contribution < -0.4 is 5.56 Å². The number of benzene rings is 1. The zero-order chi connectivity index (χ0) is 18.2. The van der Waals surface area contributed by atoms with Crippen molar-refractivity contribution in [3.05, 3.63) is 52.4 Å². The molecule has 0 bridgehead atoms. The standard InChI is InChI=1S/C22H28N4O/c27-22-19-6-2-3-7-20(19)26-16-17(14-21(26)23-22)15-24-12-8-18(9-13-24)25-10-4-1-5-11-25/h2-3,6-7,14,16,18H,1,4-5,8-13,15H2,(H,23,27). The second-order valence-electron chi connectivity index (χ2n) is 8.18. The number of aromatic amines is 1. The van der Waals surface area contributed by atoms with E-state index in [0.29, 0.717) is 0 Å². The highest BCUT2D eigenvalue weighted by atomic mass is 16.1. The maximum absolute atomic E-state index is 12.3. The summed E-state index contributed by atoms with van der Waals surface area (Å²) in [6, 6.07) is 10.7. The molecular formula is C22H28N4O. The zero-order valence-corrected chi connectivity index (χ0v) is 15.9. The molecule has 0 spiro atoms. The minimum absolute atomic E-state index is 0.00917. The number of likely N-dealkylation sites (tertiary alicyclic amines) is 2. The second-order valence-corrected chi connectivity index (χ2v) is 8.18. The van der Waals surface area contributed by atoms with Crippen molar-refractivity contribution in [2.24, 2.45) is 0 Å². The quantitative estimate of drug-likeness (QED) is 0.776. The van der Waals surface area contributed by atoms with Gasteiger partial charge in [-0.2, -0.15) is 0 Å². The van der Waals surface area contributed by atoms with Crippen LogP contribution in [0.15, 0.2) is 41.3 Å². The van der Waals surface area contributed by atoms with Crippen molar-refractivity contribution in [3.8, 4) is 0 Å². The Morgan fingerprint density at radius 1 is 1.00 bits per heavy atom. The van der Waals surface area contributed by atoms with Crippen LogP contribution in [0.4, 0.5) is 0 Å². The molecule has 3 aromatic rings. The summed E-state index contributed by atoms with van der Waals surface area (Å²) in [5, 5.41) is 0.745. The molecule has 2 saturated heterocycles. The third kappa shape index (κ3) is 3.30. The van der Waals surface area contributed by atoms with Crippen molar-refractivity contribution in [2.75, 3.05) is 26.2 Å². The molecule has 0 aliphatic carbocycles. The molecule has 1 aromatic carbocycles. The summed E-state index contributed by atoms with van der Waals surface area (Å²) < 4.78 is 2.12. The minimum atomic E-state index is -0.00917. The van der Waals surface area contributed by atoms with Crippen LogP contribution in [-0.2, 0) is 6.54 Å². The van der Waals surface area contributed by atoms with Crippen LogP contribution in [0, 0.1) is 0 Å². The average Bonchev–Trinajstić information content (AvgIpc) is 3.12. The highest BCUT2D eigenvalue weighted by Gasteiger charge is 2.25. The van der Waals surface area contributed by atoms with Gasteiger partial charge in [-0.25, -0.2) is 0 Å². The summed E-state index contributed by atoms with van der Waals surface area (Å²) >= 11 is 0. The third-order valence-electron chi connectivity index (χ3n) is 6.40. The number of piperidine rings is 2. The number of fused-ring (bicyclic) bond motifs is 3. The Bertz CT molecular complexity index is 990. The van der Waals surface area contributed by atoms with Crippen molar-refractivity contribution in [1.29, 1.82) is 0 Å². The molecule has 0 saturated carbocycles. The number of rotatable bonds is 3. The third-order valence-corrected chi connectivity index (χ3v) is 6.40. The van der Waals surface area contributed by atoms with Gasteiger partial charge in [-0.3, -0.25) is 9.69 Å². The Morgan fingerprint density at radius 2 is 1.78 bits per heavy atom. The van der Waals surface area contributed by atoms with Gasteiger partial charge < -0.3 is 14.3 Å². The zero-order valence-electron chi connectivity index (χ0n) is 15.9. The van der Waals surface area contributed by atoms with E-state index < -0.39 is 0 Å². The minimum Gasteiger partial charge on any atom is -0.308 e. The molecule has 0 radical (unpaired) electrons. The molecule has 1 N–H and O–H groups in total. The van der Waals surface area contributed by atoms with E-state index in [9.17, 15) is 4.79 Å². The summed E-state index contributed by atoms with van der Waals surface area (Å²) in [5.74, 6) is 0. The number of para-hydroxylation sites is 1. The summed E-state index contributed by atoms with van der Waals surface area (Å²) in [6.07, 6.45) is 8.92. The van der Waals surface area contributed by atoms with Gasteiger partial charge >= 0.3 is 0 Å². The van der Waals surface area contributed by atoms with E-state index in [2.05, 4.69) is 31.4 Å². The van der Waals surface area contributed by atoms with Crippen LogP contribution in [0.2, 0.25) is 0 Å². The monoisotopic (exact) mass is 364 g/mol. The average molecular weight is 364 g/mol. The molecular weight excluding hydrogens is 336 g/mol. The molecule has 5 rings (SSSR count). The van der Waals surface area contributed by atoms with Gasteiger partial charge in [0, 0.05) is 18.8 Å². The lowest BCUT2D eigenvalue weighted by atomic mass is 10.00. The first-order valence-electron chi connectivity index (χ1n) is 10.4. The Kier molecular flexibility index (Phi) is 4.50. The van der Waals surface area contributed by atoms with E-state index in [1.54, 1.807) is 0 Å². The first kappa shape index (κ1) is 17.0. The molecule has 0 atom stereocenters. The van der Waals surface area contributed by atoms with Crippen LogP contribution >= 0.6 is 0 Å². The largest absolute Gasteiger partial charge is 0.308 e. The first-order valence-corrected chi connectivity index (χ1v) is 10.4. The fourth-order valence-corrected chi connectivity index (χ4v) is 4.94. The Labute approximate surface area is 159 Å². The summed E-state index contributed by atoms with van der Waals surface area (Å²) in [6.45, 7) is 5.91. The summed E-state index contributed by atoms with van der Waals surface area (Å²) in [7, 11) is 0. The lowest BCUT2D eigenvalue weighted by molar-refractivity contribution is 0.0897. The fraction of sp³-hybridized carbons (Fsp3) is 0.500. The number of nitrogens with one attached hydrogen (secondary N) is 1. The van der Waals surface area contributed by atoms with Gasteiger partial charge in [-0.1, -0.05) is 18.6 Å². The lowest BCUT2D eigenvalue weighted by Gasteiger charge is -2.40. The molecule has 5 nitrogen and oxygen atoms in total. The van der Waals surface area contributed by atoms with Crippen molar-refractivity contribution in [2.45, 2.75) is 44.7 Å². The molecule has 27 heavy (non-hydrogen) atoms. The van der Waals surface area contributed by atoms with Crippen LogP contribution in [0.5, 0.6) is 0 Å². The van der Waals surface area contributed by atoms with Crippen LogP contribution in [0.1, 0.15) is 37.7 Å². The number of aromatic nitrogens is 2. The van der Waals surface area contributed by atoms with Crippen LogP contribution in [-0.4, -0.2) is 51.4 Å². The van der Waals surface area contributed by atoms with E-state index in [-0.39, 0.29) is 5.56 Å². The molecule has 2 fully saturated rings. The molecule has 0 amide bonds. The predicted octanol–water partition coefficient (Wildman–Crippen LogP) is 3.23. The number of hydrogen-bond donors (Lipinski definition) is 1. The number of hydrogen-bond acceptors (Lipinski definition) is 3. The first-order chi connectivity index (χ1) is 13.3. The van der Waals surface area contributed by atoms with Gasteiger partial charge in [-0.05, 0) is 75.6 Å². The van der Waals surface area contributed by atoms with Gasteiger partial charge in [0.1, 0.15) is 5.65 Å². The molecule has 142 valence electrons. The smallest absolute Gasteiger partial charge is 0.258 e. The van der Waals surface area contributed by atoms with Gasteiger partial charge in [0.15, 0.2) is 0 Å². The van der Waals surface area contributed by atoms with E-state index in [4.69, 9.17) is 0 Å². The highest BCUT2D eigenvalue weighted by Crippen LogP contribution is 2.23. The SMILES string of the molecule is O=c1[nH]c2cc(CN3CCC(N4CCCCC4)CC3)cn2c2ccccc12. The summed E-state index contributed by atoms with van der Waals surface area (Å²) in [4.78, 5) is 20.6. The highest BCUT2D eigenvalue weighted by molar-refractivity contribution is 5.80. The molecule has 0 unspecified atom stereocenters. The van der Waals surface area contributed by atoms with Gasteiger partial charge in [0.25, 0.3) is 5.56 Å². The Balaban J connectivity index is 1.31. The van der Waals surface area contributed by atoms with Crippen molar-refractivity contribution in [3.63, 3.8) is 0 Å². The molecule has 4 heterocycles. The summed E-state index contributed by atoms with van der Waals surface area (Å²) in [5.41, 5.74) is 3.13. The van der Waals surface area contributed by atoms with E-state index in [0.717, 1.165) is 29.1 Å². The van der Waals surface area contributed by atoms with Gasteiger partial charge in [0.05, 0.1) is 10.9 Å². The molecule has 2 aromatic heterocycles. The van der Waals surface area contributed by atoms with E-state index in [1.165, 1.54) is 63.8 Å². The molecule has 2 aliphatic heterocycles. The lowest BCUT2D eigenvalue weighted by Crippen LogP contribution is -2.46. The van der Waals surface area contributed by atoms with Crippen molar-refractivity contribution < 1.29 is 0 Å². The van der Waals surface area contributed by atoms with E-state index >= 15 is 0 Å². The predicted molar refractivity (Wildman–Crippen MR) is 109 cm³/mol. The maximum atomic E-state index is 12.3. The second kappa shape index (κ2) is 7.13. The number of H-pyrrole nitrogens is 1. The Morgan fingerprint density at radius 3 is 2.59 bits per heavy atom. The van der Waals surface area contributed by atoms with Gasteiger partial charge in [-0.15, -0.1) is 0 Å². The number of nitrogens with zero attached hydrogens (tertiary/aromatic N) is 3. The van der Waals surface area contributed by atoms with Crippen molar-refractivity contribution in [1.82, 2.24) is 19.2 Å². The molecule has 5 heteroatoms. The Hall–Kier alpha value is -2.11.